The number of rotatable bonds is 5. The van der Waals surface area contributed by atoms with Crippen molar-refractivity contribution in [3.8, 4) is 0 Å². The van der Waals surface area contributed by atoms with Crippen molar-refractivity contribution in [1.82, 2.24) is 0 Å². The summed E-state index contributed by atoms with van der Waals surface area (Å²) < 4.78 is 0. The Morgan fingerprint density at radius 2 is 1.68 bits per heavy atom. The van der Waals surface area contributed by atoms with E-state index in [4.69, 9.17) is 17.3 Å². The van der Waals surface area contributed by atoms with Crippen LogP contribution < -0.4 is 5.73 Å². The molecule has 1 unspecified atom stereocenters. The van der Waals surface area contributed by atoms with Crippen molar-refractivity contribution in [3.63, 3.8) is 0 Å². The second-order valence-electron chi connectivity index (χ2n) is 4.44. The summed E-state index contributed by atoms with van der Waals surface area (Å²) in [6.45, 7) is 2.16. The first-order valence-electron chi connectivity index (χ1n) is 6.42. The molecule has 0 aliphatic rings. The molecular weight excluding hydrogens is 274 g/mol. The molecular formula is C16H18ClNS. The normalized spacial score (nSPS) is 12.4. The van der Waals surface area contributed by atoms with Gasteiger partial charge in [0.15, 0.2) is 0 Å². The van der Waals surface area contributed by atoms with Crippen molar-refractivity contribution in [2.45, 2.75) is 24.3 Å². The van der Waals surface area contributed by atoms with Gasteiger partial charge >= 0.3 is 0 Å². The Labute approximate surface area is 124 Å². The van der Waals surface area contributed by atoms with Gasteiger partial charge in [0.05, 0.1) is 0 Å². The minimum absolute atomic E-state index is 0.0295. The zero-order valence-electron chi connectivity index (χ0n) is 11.0. The van der Waals surface area contributed by atoms with E-state index < -0.39 is 0 Å². The highest BCUT2D eigenvalue weighted by molar-refractivity contribution is 7.99. The number of halogens is 1. The van der Waals surface area contributed by atoms with Gasteiger partial charge in [0.25, 0.3) is 0 Å². The number of hydrogen-bond donors (Lipinski definition) is 1. The fourth-order valence-corrected chi connectivity index (χ4v) is 2.76. The quantitative estimate of drug-likeness (QED) is 0.809. The summed E-state index contributed by atoms with van der Waals surface area (Å²) in [7, 11) is 0. The Morgan fingerprint density at radius 1 is 1.05 bits per heavy atom. The largest absolute Gasteiger partial charge is 0.324 e. The molecule has 0 fully saturated rings. The van der Waals surface area contributed by atoms with Crippen LogP contribution in [0.3, 0.4) is 0 Å². The summed E-state index contributed by atoms with van der Waals surface area (Å²) in [4.78, 5) is 1.30. The topological polar surface area (TPSA) is 26.0 Å². The molecule has 0 aliphatic heterocycles. The summed E-state index contributed by atoms with van der Waals surface area (Å²) in [6, 6.07) is 16.4. The van der Waals surface area contributed by atoms with Gasteiger partial charge in [-0.3, -0.25) is 0 Å². The number of thioether (sulfide) groups is 1. The summed E-state index contributed by atoms with van der Waals surface area (Å²) in [5, 5.41) is 0.762. The molecule has 0 heterocycles. The van der Waals surface area contributed by atoms with Crippen LogP contribution in [0.25, 0.3) is 0 Å². The molecule has 0 radical (unpaired) electrons. The molecule has 0 spiro atoms. The molecule has 1 atom stereocenters. The smallest absolute Gasteiger partial charge is 0.0406 e. The zero-order valence-corrected chi connectivity index (χ0v) is 12.5. The molecule has 0 aromatic heterocycles. The van der Waals surface area contributed by atoms with Crippen LogP contribution in [0.2, 0.25) is 5.02 Å². The number of benzene rings is 2. The predicted octanol–water partition coefficient (Wildman–Crippen LogP) is 4.69. The number of nitrogens with two attached hydrogens (primary N) is 1. The van der Waals surface area contributed by atoms with Gasteiger partial charge in [-0.15, -0.1) is 11.8 Å². The molecule has 0 aliphatic carbocycles. The maximum Gasteiger partial charge on any atom is 0.0406 e. The molecule has 0 amide bonds. The average Bonchev–Trinajstić information content (AvgIpc) is 2.42. The number of hydrogen-bond acceptors (Lipinski definition) is 2. The van der Waals surface area contributed by atoms with Crippen LogP contribution in [0.1, 0.15) is 24.1 Å². The van der Waals surface area contributed by atoms with Gasteiger partial charge in [0, 0.05) is 16.0 Å². The minimum Gasteiger partial charge on any atom is -0.324 e. The van der Waals surface area contributed by atoms with Crippen molar-refractivity contribution >= 4 is 23.4 Å². The van der Waals surface area contributed by atoms with E-state index in [2.05, 4.69) is 31.2 Å². The molecule has 2 aromatic carbocycles. The van der Waals surface area contributed by atoms with E-state index in [1.54, 1.807) is 0 Å². The van der Waals surface area contributed by atoms with Crippen molar-refractivity contribution in [2.24, 2.45) is 5.73 Å². The Bertz CT molecular complexity index is 507. The molecule has 1 nitrogen and oxygen atoms in total. The van der Waals surface area contributed by atoms with E-state index >= 15 is 0 Å². The predicted molar refractivity (Wildman–Crippen MR) is 84.9 cm³/mol. The fraction of sp³-hybridized carbons (Fsp3) is 0.250. The molecule has 100 valence electrons. The average molecular weight is 292 g/mol. The van der Waals surface area contributed by atoms with Gasteiger partial charge in [-0.2, -0.15) is 0 Å². The highest BCUT2D eigenvalue weighted by Crippen LogP contribution is 2.22. The monoisotopic (exact) mass is 291 g/mol. The van der Waals surface area contributed by atoms with Crippen LogP contribution in [0.15, 0.2) is 53.4 Å². The molecule has 2 aromatic rings. The van der Waals surface area contributed by atoms with E-state index in [1.165, 1.54) is 16.0 Å². The van der Waals surface area contributed by atoms with Crippen LogP contribution >= 0.6 is 23.4 Å². The van der Waals surface area contributed by atoms with Gasteiger partial charge in [-0.1, -0.05) is 42.8 Å². The lowest BCUT2D eigenvalue weighted by Gasteiger charge is -2.13. The van der Waals surface area contributed by atoms with Gasteiger partial charge in [0.2, 0.25) is 0 Å². The third-order valence-electron chi connectivity index (χ3n) is 2.99. The van der Waals surface area contributed by atoms with Crippen LogP contribution in [0.5, 0.6) is 0 Å². The van der Waals surface area contributed by atoms with E-state index in [0.29, 0.717) is 0 Å². The van der Waals surface area contributed by atoms with Crippen LogP contribution in [-0.4, -0.2) is 5.75 Å². The zero-order chi connectivity index (χ0) is 13.7. The SMILES string of the molecule is CCSc1ccc(C(N)Cc2ccc(Cl)cc2)cc1. The van der Waals surface area contributed by atoms with Crippen molar-refractivity contribution in [2.75, 3.05) is 5.75 Å². The first-order chi connectivity index (χ1) is 9.19. The summed E-state index contributed by atoms with van der Waals surface area (Å²) in [5.41, 5.74) is 8.64. The third-order valence-corrected chi connectivity index (χ3v) is 4.13. The van der Waals surface area contributed by atoms with Gasteiger partial charge in [-0.05, 0) is 47.6 Å². The molecule has 0 saturated heterocycles. The first kappa shape index (κ1) is 14.4. The Balaban J connectivity index is 2.02. The van der Waals surface area contributed by atoms with E-state index in [1.807, 2.05) is 36.0 Å². The summed E-state index contributed by atoms with van der Waals surface area (Å²) in [6.07, 6.45) is 0.831. The Kier molecular flexibility index (Phi) is 5.32. The highest BCUT2D eigenvalue weighted by Gasteiger charge is 2.07. The maximum atomic E-state index is 6.25. The first-order valence-corrected chi connectivity index (χ1v) is 7.78. The molecule has 3 heteroatoms. The van der Waals surface area contributed by atoms with Gasteiger partial charge < -0.3 is 5.73 Å². The molecule has 0 bridgehead atoms. The lowest BCUT2D eigenvalue weighted by Crippen LogP contribution is -2.13. The molecule has 2 rings (SSSR count). The fourth-order valence-electron chi connectivity index (χ4n) is 1.97. The third kappa shape index (κ3) is 4.27. The standard InChI is InChI=1S/C16H18ClNS/c1-2-19-15-9-5-13(6-10-15)16(18)11-12-3-7-14(17)8-4-12/h3-10,16H,2,11,18H2,1H3. The highest BCUT2D eigenvalue weighted by atomic mass is 35.5. The Hall–Kier alpha value is -0.960. The van der Waals surface area contributed by atoms with E-state index in [9.17, 15) is 0 Å². The molecule has 2 N–H and O–H groups in total. The van der Waals surface area contributed by atoms with E-state index in [-0.39, 0.29) is 6.04 Å². The van der Waals surface area contributed by atoms with Crippen molar-refractivity contribution < 1.29 is 0 Å². The lowest BCUT2D eigenvalue weighted by atomic mass is 10.00. The molecule has 19 heavy (non-hydrogen) atoms. The van der Waals surface area contributed by atoms with Crippen molar-refractivity contribution in [3.05, 3.63) is 64.7 Å². The van der Waals surface area contributed by atoms with Gasteiger partial charge in [0.1, 0.15) is 0 Å². The maximum absolute atomic E-state index is 6.25. The Morgan fingerprint density at radius 3 is 2.26 bits per heavy atom. The van der Waals surface area contributed by atoms with Gasteiger partial charge in [-0.25, -0.2) is 0 Å². The van der Waals surface area contributed by atoms with Crippen LogP contribution in [0, 0.1) is 0 Å². The van der Waals surface area contributed by atoms with Crippen LogP contribution in [-0.2, 0) is 6.42 Å². The minimum atomic E-state index is 0.0295. The van der Waals surface area contributed by atoms with Crippen molar-refractivity contribution in [1.29, 1.82) is 0 Å². The summed E-state index contributed by atoms with van der Waals surface area (Å²) in [5.74, 6) is 1.09. The van der Waals surface area contributed by atoms with E-state index in [0.717, 1.165) is 17.2 Å². The second-order valence-corrected chi connectivity index (χ2v) is 6.21. The second kappa shape index (κ2) is 6.99. The summed E-state index contributed by atoms with van der Waals surface area (Å²) >= 11 is 7.72. The van der Waals surface area contributed by atoms with Crippen LogP contribution in [0.4, 0.5) is 0 Å². The lowest BCUT2D eigenvalue weighted by molar-refractivity contribution is 0.721. The molecule has 0 saturated carbocycles.